The molecule has 0 radical (unpaired) electrons. The van der Waals surface area contributed by atoms with Crippen LogP contribution in [-0.2, 0) is 28.7 Å². The summed E-state index contributed by atoms with van der Waals surface area (Å²) in [7, 11) is 0. The Morgan fingerprint density at radius 3 is 1.36 bits per heavy atom. The second-order valence-corrected chi connectivity index (χ2v) is 7.77. The van der Waals surface area contributed by atoms with Crippen LogP contribution in [0.4, 0.5) is 11.4 Å². The van der Waals surface area contributed by atoms with Crippen molar-refractivity contribution in [2.24, 2.45) is 11.8 Å². The highest BCUT2D eigenvalue weighted by Crippen LogP contribution is 2.36. The normalized spacial score (nSPS) is 23.2. The number of hydrogen-bond acceptors (Lipinski definition) is 12. The first-order chi connectivity index (χ1) is 17.0. The summed E-state index contributed by atoms with van der Waals surface area (Å²) in [5.74, 6) is -11.9. The lowest BCUT2D eigenvalue weighted by molar-refractivity contribution is -0.385. The van der Waals surface area contributed by atoms with Crippen molar-refractivity contribution in [1.82, 2.24) is 0 Å². The highest BCUT2D eigenvalue weighted by Gasteiger charge is 2.60. The van der Waals surface area contributed by atoms with E-state index in [0.29, 0.717) is 0 Å². The van der Waals surface area contributed by atoms with E-state index in [9.17, 15) is 49.0 Å². The quantitative estimate of drug-likeness (QED) is 0.130. The van der Waals surface area contributed by atoms with E-state index < -0.39 is 80.3 Å². The molecule has 2 aliphatic rings. The average Bonchev–Trinajstić information content (AvgIpc) is 3.32. The topological polar surface area (TPSA) is 207 Å². The number of esters is 2. The number of ketones is 4. The van der Waals surface area contributed by atoms with E-state index in [2.05, 4.69) is 0 Å². The van der Waals surface area contributed by atoms with Gasteiger partial charge in [0.1, 0.15) is 11.8 Å². The lowest BCUT2D eigenvalue weighted by Crippen LogP contribution is -2.44. The molecule has 0 aliphatic carbocycles. The van der Waals surface area contributed by atoms with Crippen LogP contribution in [-0.4, -0.2) is 57.1 Å². The standard InChI is InChI=1S/C22H12N2O12/c25-15(9-3-1-5-11(7-9)23(31)32)13-17(27)21(29)35-19(13)20-14(18(28)22(30)36-20)16(26)10-4-2-6-12(8-10)24(33)34/h1-8,13-14,19-20H/t13-,14+,19+,20-. The average molecular weight is 496 g/mol. The minimum absolute atomic E-state index is 0.344. The SMILES string of the molecule is O=C1O[C@@H]([C@H]2OC(=O)C(=O)[C@H]2C(=O)c2cccc([N+](=O)[O-])c2)[C@@H](C(=O)c2cccc([N+](=O)[O-])c2)C1=O. The van der Waals surface area contributed by atoms with Gasteiger partial charge in [0, 0.05) is 35.4 Å². The number of nitrogens with zero attached hydrogens (tertiary/aromatic N) is 2. The summed E-state index contributed by atoms with van der Waals surface area (Å²) in [6, 6.07) is 8.47. The summed E-state index contributed by atoms with van der Waals surface area (Å²) in [5.41, 5.74) is -1.67. The Balaban J connectivity index is 1.73. The van der Waals surface area contributed by atoms with E-state index in [1.165, 1.54) is 0 Å². The number of carbonyl (C=O) groups is 6. The van der Waals surface area contributed by atoms with E-state index in [0.717, 1.165) is 48.5 Å². The lowest BCUT2D eigenvalue weighted by Gasteiger charge is -2.23. The van der Waals surface area contributed by atoms with Crippen molar-refractivity contribution in [3.63, 3.8) is 0 Å². The van der Waals surface area contributed by atoms with Gasteiger partial charge in [0.15, 0.2) is 23.8 Å². The molecule has 0 amide bonds. The van der Waals surface area contributed by atoms with Gasteiger partial charge in [0.25, 0.3) is 22.9 Å². The molecule has 2 fully saturated rings. The molecule has 2 saturated heterocycles. The molecular formula is C22H12N2O12. The van der Waals surface area contributed by atoms with Crippen LogP contribution in [0.1, 0.15) is 20.7 Å². The molecule has 2 aliphatic heterocycles. The number of nitro benzene ring substituents is 2. The van der Waals surface area contributed by atoms with Crippen molar-refractivity contribution in [2.75, 3.05) is 0 Å². The number of carbonyl (C=O) groups excluding carboxylic acids is 6. The Labute approximate surface area is 199 Å². The van der Waals surface area contributed by atoms with Crippen LogP contribution in [0.15, 0.2) is 48.5 Å². The van der Waals surface area contributed by atoms with Crippen LogP contribution in [0.3, 0.4) is 0 Å². The van der Waals surface area contributed by atoms with Crippen molar-refractivity contribution in [3.8, 4) is 0 Å². The molecule has 4 atom stereocenters. The number of nitro groups is 2. The Bertz CT molecular complexity index is 1290. The van der Waals surface area contributed by atoms with E-state index in [1.807, 2.05) is 0 Å². The minimum atomic E-state index is -1.98. The fourth-order valence-corrected chi connectivity index (χ4v) is 4.01. The van der Waals surface area contributed by atoms with Gasteiger partial charge in [-0.15, -0.1) is 0 Å². The smallest absolute Gasteiger partial charge is 0.376 e. The van der Waals surface area contributed by atoms with Crippen LogP contribution >= 0.6 is 0 Å². The molecule has 36 heavy (non-hydrogen) atoms. The number of Topliss-reactive ketones (excluding diaryl/α,β-unsaturated/α-hetero) is 4. The van der Waals surface area contributed by atoms with Gasteiger partial charge in [-0.25, -0.2) is 9.59 Å². The molecule has 2 heterocycles. The molecule has 4 rings (SSSR count). The summed E-state index contributed by atoms with van der Waals surface area (Å²) in [4.78, 5) is 95.9. The summed E-state index contributed by atoms with van der Waals surface area (Å²) in [6.45, 7) is 0. The number of non-ortho nitro benzene ring substituents is 2. The summed E-state index contributed by atoms with van der Waals surface area (Å²) in [5, 5.41) is 22.1. The van der Waals surface area contributed by atoms with E-state index in [4.69, 9.17) is 9.47 Å². The summed E-state index contributed by atoms with van der Waals surface area (Å²) >= 11 is 0. The van der Waals surface area contributed by atoms with Gasteiger partial charge in [-0.1, -0.05) is 24.3 Å². The van der Waals surface area contributed by atoms with Crippen LogP contribution in [0, 0.1) is 32.1 Å². The Morgan fingerprint density at radius 1 is 0.667 bits per heavy atom. The van der Waals surface area contributed by atoms with Crippen molar-refractivity contribution >= 4 is 46.4 Å². The van der Waals surface area contributed by atoms with Crippen molar-refractivity contribution < 1.29 is 48.1 Å². The maximum absolute atomic E-state index is 13.1. The number of cyclic esters (lactones) is 2. The number of benzene rings is 2. The molecule has 182 valence electrons. The van der Waals surface area contributed by atoms with Gasteiger partial charge in [0.05, 0.1) is 9.85 Å². The van der Waals surface area contributed by atoms with Gasteiger partial charge in [-0.2, -0.15) is 0 Å². The molecule has 0 saturated carbocycles. The van der Waals surface area contributed by atoms with Crippen LogP contribution in [0.25, 0.3) is 0 Å². The van der Waals surface area contributed by atoms with E-state index >= 15 is 0 Å². The Morgan fingerprint density at radius 2 is 1.03 bits per heavy atom. The molecule has 0 spiro atoms. The van der Waals surface area contributed by atoms with Crippen LogP contribution < -0.4 is 0 Å². The maximum atomic E-state index is 13.1. The van der Waals surface area contributed by atoms with E-state index in [-0.39, 0.29) is 11.1 Å². The number of ether oxygens (including phenoxy) is 2. The molecule has 0 aromatic heterocycles. The fourth-order valence-electron chi connectivity index (χ4n) is 4.01. The molecule has 2 aromatic rings. The van der Waals surface area contributed by atoms with Crippen molar-refractivity contribution in [2.45, 2.75) is 12.2 Å². The Kier molecular flexibility index (Phi) is 5.93. The zero-order chi connectivity index (χ0) is 26.3. The van der Waals surface area contributed by atoms with Gasteiger partial charge in [0.2, 0.25) is 0 Å². The highest BCUT2D eigenvalue weighted by molar-refractivity contribution is 6.43. The van der Waals surface area contributed by atoms with Crippen molar-refractivity contribution in [1.29, 1.82) is 0 Å². The third-order valence-electron chi connectivity index (χ3n) is 5.68. The highest BCUT2D eigenvalue weighted by atomic mass is 16.6. The molecule has 0 unspecified atom stereocenters. The first kappa shape index (κ1) is 24.0. The third-order valence-corrected chi connectivity index (χ3v) is 5.68. The molecule has 14 heteroatoms. The summed E-state index contributed by atoms with van der Waals surface area (Å²) in [6.07, 6.45) is -3.81. The Hall–Kier alpha value is -5.14. The van der Waals surface area contributed by atoms with Crippen LogP contribution in [0.5, 0.6) is 0 Å². The molecule has 0 bridgehead atoms. The second-order valence-electron chi connectivity index (χ2n) is 7.77. The monoisotopic (exact) mass is 496 g/mol. The minimum Gasteiger partial charge on any atom is -0.451 e. The van der Waals surface area contributed by atoms with Gasteiger partial charge in [-0.05, 0) is 0 Å². The number of rotatable bonds is 7. The van der Waals surface area contributed by atoms with Gasteiger partial charge >= 0.3 is 11.9 Å². The predicted molar refractivity (Wildman–Crippen MR) is 112 cm³/mol. The zero-order valence-electron chi connectivity index (χ0n) is 17.7. The first-order valence-electron chi connectivity index (χ1n) is 10.1. The zero-order valence-corrected chi connectivity index (χ0v) is 17.7. The van der Waals surface area contributed by atoms with Crippen LogP contribution in [0.2, 0.25) is 0 Å². The molecule has 0 N–H and O–H groups in total. The van der Waals surface area contributed by atoms with Crippen molar-refractivity contribution in [3.05, 3.63) is 79.9 Å². The molecular weight excluding hydrogens is 484 g/mol. The predicted octanol–water partition coefficient (Wildman–Crippen LogP) is 0.790. The maximum Gasteiger partial charge on any atom is 0.376 e. The van der Waals surface area contributed by atoms with E-state index in [1.54, 1.807) is 0 Å². The van der Waals surface area contributed by atoms with Gasteiger partial charge in [-0.3, -0.25) is 39.4 Å². The largest absolute Gasteiger partial charge is 0.451 e. The second kappa shape index (κ2) is 8.90. The molecule has 14 nitrogen and oxygen atoms in total. The van der Waals surface area contributed by atoms with Gasteiger partial charge < -0.3 is 9.47 Å². The fraction of sp³-hybridized carbons (Fsp3) is 0.182. The first-order valence-corrected chi connectivity index (χ1v) is 10.1. The molecule has 2 aromatic carbocycles. The third kappa shape index (κ3) is 4.00. The lowest BCUT2D eigenvalue weighted by atomic mass is 9.81. The summed E-state index contributed by atoms with van der Waals surface area (Å²) < 4.78 is 9.86. The number of hydrogen-bond donors (Lipinski definition) is 0.